The second-order valence-electron chi connectivity index (χ2n) is 6.83. The molecule has 1 saturated heterocycles. The summed E-state index contributed by atoms with van der Waals surface area (Å²) in [7, 11) is 0. The van der Waals surface area contributed by atoms with Gasteiger partial charge in [-0.05, 0) is 63.8 Å². The first-order valence-corrected chi connectivity index (χ1v) is 8.04. The molecule has 0 amide bonds. The lowest BCUT2D eigenvalue weighted by atomic mass is 9.85. The molecule has 0 aromatic rings. The van der Waals surface area contributed by atoms with Crippen LogP contribution in [0.1, 0.15) is 64.7 Å². The third-order valence-corrected chi connectivity index (χ3v) is 5.61. The van der Waals surface area contributed by atoms with Crippen molar-refractivity contribution >= 4 is 5.78 Å². The van der Waals surface area contributed by atoms with Gasteiger partial charge in [-0.3, -0.25) is 9.69 Å². The van der Waals surface area contributed by atoms with Crippen LogP contribution in [0.2, 0.25) is 0 Å². The second-order valence-corrected chi connectivity index (χ2v) is 6.83. The van der Waals surface area contributed by atoms with Crippen LogP contribution in [0.5, 0.6) is 0 Å². The van der Waals surface area contributed by atoms with E-state index in [2.05, 4.69) is 11.8 Å². The molecule has 2 unspecified atom stereocenters. The quantitative estimate of drug-likeness (QED) is 0.747. The third-order valence-electron chi connectivity index (χ3n) is 5.61. The molecule has 3 aliphatic rings. The smallest absolute Gasteiger partial charge is 0.137 e. The zero-order valence-electron chi connectivity index (χ0n) is 11.7. The molecule has 0 radical (unpaired) electrons. The molecule has 1 aliphatic heterocycles. The van der Waals surface area contributed by atoms with Crippen LogP contribution in [0.25, 0.3) is 0 Å². The molecule has 3 rings (SSSR count). The lowest BCUT2D eigenvalue weighted by molar-refractivity contribution is -0.122. The van der Waals surface area contributed by atoms with Crippen molar-refractivity contribution in [1.82, 2.24) is 4.90 Å². The maximum atomic E-state index is 12.0. The average molecular weight is 249 g/mol. The Balaban J connectivity index is 1.65. The highest BCUT2D eigenvalue weighted by molar-refractivity contribution is 5.83. The number of hydrogen-bond donors (Lipinski definition) is 0. The molecule has 0 aromatic carbocycles. The Labute approximate surface area is 111 Å². The number of hydrogen-bond acceptors (Lipinski definition) is 2. The molecule has 2 aliphatic carbocycles. The van der Waals surface area contributed by atoms with Crippen molar-refractivity contribution in [3.05, 3.63) is 0 Å². The molecule has 18 heavy (non-hydrogen) atoms. The van der Waals surface area contributed by atoms with Crippen LogP contribution in [-0.4, -0.2) is 29.3 Å². The summed E-state index contributed by atoms with van der Waals surface area (Å²) in [5.41, 5.74) is 0. The highest BCUT2D eigenvalue weighted by Crippen LogP contribution is 2.37. The van der Waals surface area contributed by atoms with Crippen LogP contribution in [0.15, 0.2) is 0 Å². The lowest BCUT2D eigenvalue weighted by Crippen LogP contribution is -2.45. The van der Waals surface area contributed by atoms with E-state index >= 15 is 0 Å². The van der Waals surface area contributed by atoms with Gasteiger partial charge in [0.15, 0.2) is 0 Å². The molecule has 2 atom stereocenters. The number of rotatable bonds is 2. The Morgan fingerprint density at radius 2 is 1.78 bits per heavy atom. The van der Waals surface area contributed by atoms with Crippen LogP contribution in [0.4, 0.5) is 0 Å². The van der Waals surface area contributed by atoms with E-state index in [4.69, 9.17) is 0 Å². The van der Waals surface area contributed by atoms with E-state index in [1.165, 1.54) is 51.5 Å². The molecule has 2 nitrogen and oxygen atoms in total. The zero-order chi connectivity index (χ0) is 12.5. The van der Waals surface area contributed by atoms with Crippen molar-refractivity contribution in [2.24, 2.45) is 11.8 Å². The van der Waals surface area contributed by atoms with Crippen molar-refractivity contribution in [3.8, 4) is 0 Å². The molecular formula is C16H27NO. The summed E-state index contributed by atoms with van der Waals surface area (Å²) in [6.45, 7) is 3.64. The minimum atomic E-state index is 0.395. The van der Waals surface area contributed by atoms with Gasteiger partial charge in [-0.15, -0.1) is 0 Å². The first-order chi connectivity index (χ1) is 8.75. The van der Waals surface area contributed by atoms with Crippen molar-refractivity contribution in [2.75, 3.05) is 6.54 Å². The van der Waals surface area contributed by atoms with Gasteiger partial charge < -0.3 is 0 Å². The molecular weight excluding hydrogens is 222 g/mol. The van der Waals surface area contributed by atoms with Gasteiger partial charge in [0, 0.05) is 24.4 Å². The fourth-order valence-corrected chi connectivity index (χ4v) is 4.52. The van der Waals surface area contributed by atoms with E-state index in [-0.39, 0.29) is 0 Å². The normalized spacial score (nSPS) is 42.6. The molecule has 0 N–H and O–H groups in total. The summed E-state index contributed by atoms with van der Waals surface area (Å²) in [6, 6.07) is 1.40. The molecule has 3 fully saturated rings. The monoisotopic (exact) mass is 249 g/mol. The summed E-state index contributed by atoms with van der Waals surface area (Å²) in [5, 5.41) is 0. The number of nitrogens with zero attached hydrogens (tertiary/aromatic N) is 1. The molecule has 2 heteroatoms. The minimum absolute atomic E-state index is 0.395. The van der Waals surface area contributed by atoms with Crippen LogP contribution >= 0.6 is 0 Å². The summed E-state index contributed by atoms with van der Waals surface area (Å²) in [4.78, 5) is 14.8. The van der Waals surface area contributed by atoms with Crippen LogP contribution in [-0.2, 0) is 4.79 Å². The van der Waals surface area contributed by atoms with Crippen LogP contribution in [0.3, 0.4) is 0 Å². The Hall–Kier alpha value is -0.370. The van der Waals surface area contributed by atoms with Crippen molar-refractivity contribution in [1.29, 1.82) is 0 Å². The summed E-state index contributed by atoms with van der Waals surface area (Å²) in [5.74, 6) is 1.89. The molecule has 0 aromatic heterocycles. The largest absolute Gasteiger partial charge is 0.299 e. The number of Topliss-reactive ketones (excluding diaryl/α,β-unsaturated/α-hetero) is 1. The van der Waals surface area contributed by atoms with E-state index in [0.717, 1.165) is 24.8 Å². The van der Waals surface area contributed by atoms with Gasteiger partial charge in [0.05, 0.1) is 0 Å². The standard InChI is InChI=1S/C16H27NO/c1-12-7-9-13(10-8-12)17-11-3-5-15(17)14-4-2-6-16(14)18/h12-15H,2-11H2,1H3. The lowest BCUT2D eigenvalue weighted by Gasteiger charge is -2.39. The molecule has 2 saturated carbocycles. The highest BCUT2D eigenvalue weighted by atomic mass is 16.1. The fourth-order valence-electron chi connectivity index (χ4n) is 4.52. The van der Waals surface area contributed by atoms with Crippen LogP contribution < -0.4 is 0 Å². The number of ketones is 1. The molecule has 1 heterocycles. The predicted molar refractivity (Wildman–Crippen MR) is 73.5 cm³/mol. The third kappa shape index (κ3) is 2.36. The zero-order valence-corrected chi connectivity index (χ0v) is 11.7. The maximum Gasteiger partial charge on any atom is 0.137 e. The Bertz CT molecular complexity index is 306. The van der Waals surface area contributed by atoms with E-state index in [1.54, 1.807) is 0 Å². The van der Waals surface area contributed by atoms with Gasteiger partial charge in [-0.25, -0.2) is 0 Å². The molecule has 102 valence electrons. The summed E-state index contributed by atoms with van der Waals surface area (Å²) < 4.78 is 0. The number of carbonyl (C=O) groups is 1. The average Bonchev–Trinajstić information content (AvgIpc) is 2.98. The van der Waals surface area contributed by atoms with Gasteiger partial charge in [0.25, 0.3) is 0 Å². The van der Waals surface area contributed by atoms with E-state index in [0.29, 0.717) is 17.7 Å². The Kier molecular flexibility index (Phi) is 3.74. The van der Waals surface area contributed by atoms with Gasteiger partial charge in [-0.1, -0.05) is 6.92 Å². The van der Waals surface area contributed by atoms with Crippen LogP contribution in [0, 0.1) is 11.8 Å². The SMILES string of the molecule is CC1CCC(N2CCCC2C2CCCC2=O)CC1. The van der Waals surface area contributed by atoms with Gasteiger partial charge in [0.2, 0.25) is 0 Å². The van der Waals surface area contributed by atoms with Gasteiger partial charge in [-0.2, -0.15) is 0 Å². The Morgan fingerprint density at radius 3 is 2.44 bits per heavy atom. The first kappa shape index (κ1) is 12.7. The van der Waals surface area contributed by atoms with E-state index in [9.17, 15) is 4.79 Å². The van der Waals surface area contributed by atoms with Crippen molar-refractivity contribution in [3.63, 3.8) is 0 Å². The van der Waals surface area contributed by atoms with Crippen molar-refractivity contribution in [2.45, 2.75) is 76.8 Å². The highest BCUT2D eigenvalue weighted by Gasteiger charge is 2.40. The number of likely N-dealkylation sites (tertiary alicyclic amines) is 1. The van der Waals surface area contributed by atoms with Gasteiger partial charge in [0.1, 0.15) is 5.78 Å². The molecule has 0 bridgehead atoms. The summed E-state index contributed by atoms with van der Waals surface area (Å²) >= 11 is 0. The van der Waals surface area contributed by atoms with E-state index < -0.39 is 0 Å². The van der Waals surface area contributed by atoms with Crippen molar-refractivity contribution < 1.29 is 4.79 Å². The minimum Gasteiger partial charge on any atom is -0.299 e. The Morgan fingerprint density at radius 1 is 1.00 bits per heavy atom. The summed E-state index contributed by atoms with van der Waals surface area (Å²) in [6.07, 6.45) is 11.3. The van der Waals surface area contributed by atoms with E-state index in [1.807, 2.05) is 0 Å². The topological polar surface area (TPSA) is 20.3 Å². The predicted octanol–water partition coefficient (Wildman–Crippen LogP) is 3.40. The maximum absolute atomic E-state index is 12.0. The number of carbonyl (C=O) groups excluding carboxylic acids is 1. The second kappa shape index (κ2) is 5.32. The van der Waals surface area contributed by atoms with Gasteiger partial charge >= 0.3 is 0 Å². The molecule has 0 spiro atoms. The fraction of sp³-hybridized carbons (Fsp3) is 0.938. The first-order valence-electron chi connectivity index (χ1n) is 8.04.